The van der Waals surface area contributed by atoms with Crippen LogP contribution in [0.4, 0.5) is 0 Å². The lowest BCUT2D eigenvalue weighted by Gasteiger charge is -2.34. The van der Waals surface area contributed by atoms with E-state index >= 15 is 0 Å². The first-order valence-corrected chi connectivity index (χ1v) is 49.0. The Hall–Kier alpha value is -15.2. The number of hydrogen-bond acceptors (Lipinski definition) is 28. The number of nitrogens with zero attached hydrogens (tertiary/aromatic N) is 2. The highest BCUT2D eigenvalue weighted by atomic mass is 16.4. The molecule has 0 aromatic heterocycles. The fourth-order valence-electron chi connectivity index (χ4n) is 15.7. The zero-order chi connectivity index (χ0) is 113. The fourth-order valence-corrected chi connectivity index (χ4v) is 15.7. The van der Waals surface area contributed by atoms with Crippen molar-refractivity contribution < 1.29 is 141 Å². The SMILES string of the molecule is CC[C@H](C)[C@H](NC(=O)[C@@H]1CCCN1C(=O)[C@@H](NC(=O)[C@H](CC(=O)O)NC(=O)[C@H](CC(C)C)NC(=O)[C@@H](N)CC(=O)O)C(C)C)C(=O)N1CCC[C@H]1C(=O)NCC(=O)N[C@@H](CCCNC(=N)N)C(=O)N[C@@H](Cc1ccccc1)C(=O)N[C@@H](CC(=O)O)C(=O)N[C@@H](CCCNC(=N)N)C(=O)N[C@H](CCCNC(=N)N)C(=O)N[C@H](C(=O)N[C@@H](CO)C(=O)N[C@H](C(=O)N[C@@H](C)C(=O)N[C@@H](C)C(=O)N[C@@H](CCC(=O)O)C(=O)O)C(C)C)C(C)C. The van der Waals surface area contributed by atoms with Crippen molar-refractivity contribution in [2.24, 2.45) is 52.5 Å². The van der Waals surface area contributed by atoms with Gasteiger partial charge in [-0.05, 0) is 126 Å². The van der Waals surface area contributed by atoms with Gasteiger partial charge in [-0.2, -0.15) is 0 Å². The average molecular weight is 2110 g/mol. The Kier molecular flexibility index (Phi) is 54.9. The molecule has 1 aromatic carbocycles. The first-order chi connectivity index (χ1) is 69.8. The van der Waals surface area contributed by atoms with Gasteiger partial charge in [0, 0.05) is 45.6 Å². The second-order valence-electron chi connectivity index (χ2n) is 37.9. The summed E-state index contributed by atoms with van der Waals surface area (Å²) in [5, 5.41) is 128. The van der Waals surface area contributed by atoms with Gasteiger partial charge in [0.15, 0.2) is 17.9 Å². The first kappa shape index (κ1) is 128. The Morgan fingerprint density at radius 2 is 0.738 bits per heavy atom. The maximum atomic E-state index is 14.9. The molecule has 0 aliphatic carbocycles. The van der Waals surface area contributed by atoms with E-state index in [1.807, 2.05) is 0 Å². The van der Waals surface area contributed by atoms with Crippen LogP contribution in [0.25, 0.3) is 0 Å². The second-order valence-corrected chi connectivity index (χ2v) is 37.9. The molecule has 0 unspecified atom stereocenters. The molecule has 2 fully saturated rings. The van der Waals surface area contributed by atoms with Crippen molar-refractivity contribution in [1.82, 2.24) is 111 Å². The van der Waals surface area contributed by atoms with E-state index in [-0.39, 0.29) is 109 Å². The van der Waals surface area contributed by atoms with Gasteiger partial charge < -0.3 is 164 Å². The molecule has 57 nitrogen and oxygen atoms in total. The number of amides is 18. The van der Waals surface area contributed by atoms with E-state index in [1.54, 1.807) is 71.9 Å². The summed E-state index contributed by atoms with van der Waals surface area (Å²) in [6, 6.07) is -20.7. The quantitative estimate of drug-likeness (QED) is 0.0164. The lowest BCUT2D eigenvalue weighted by molar-refractivity contribution is -0.146. The van der Waals surface area contributed by atoms with Crippen LogP contribution in [0.2, 0.25) is 0 Å². The molecule has 0 bridgehead atoms. The highest BCUT2D eigenvalue weighted by Gasteiger charge is 2.46. The number of aliphatic hydroxyl groups is 1. The molecular weight excluding hydrogens is 1960 g/mol. The topological polar surface area (TPSA) is 925 Å². The first-order valence-electron chi connectivity index (χ1n) is 49.0. The standard InChI is InChI=1S/C92H150N28O29/c1-13-47(10)71(118-84(143)62-28-21-35-120(62)87(146)70(46(8)9)117-81(140)59(40-67(129)130)113-78(137)56(36-43(2)3)110-74(133)51(93)38-65(125)126)88(147)119-34-20-27-61(119)83(142)103-41-63(122)106-52(24-17-31-100-90(94)95)75(134)111-57(37-50-22-15-14-16-23-50)79(138)112-58(39-66(127)128)80(139)108-53(25-18-32-101-91(96)97)76(135)107-54(26-19-33-102-92(98)99)77(136)115-69(45(6)7)86(145)114-60(42-121)82(141)116-68(44(4)5)85(144)105-48(11)72(131)104-49(12)73(132)109-55(89(148)149)29-30-64(123)124/h14-16,22-23,43-49,51-62,68-71,121H,13,17-21,24-42,93H2,1-12H3,(H,103,142)(H,104,131)(H,105,144)(H,106,122)(H,107,135)(H,108,139)(H,109,132)(H,110,133)(H,111,134)(H,112,138)(H,113,137)(H,114,145)(H,115,136)(H,116,141)(H,117,140)(H,118,143)(H,123,124)(H,125,126)(H,127,128)(H,129,130)(H,148,149)(H4,94,95,100)(H4,96,97,101)(H4,98,99,102)/t47-,48-,49-,51-,52-,53-,54+,55-,56-,57-,58-,59-,60-,61-,62-,68-,69-,70-,71-/m0/s1. The normalized spacial score (nSPS) is 16.6. The molecular formula is C92H150N28O29. The van der Waals surface area contributed by atoms with Gasteiger partial charge in [0.1, 0.15) is 103 Å². The minimum absolute atomic E-state index is 0.0180. The highest BCUT2D eigenvalue weighted by Crippen LogP contribution is 2.26. The number of rotatable bonds is 66. The third kappa shape index (κ3) is 45.3. The van der Waals surface area contributed by atoms with Crippen LogP contribution >= 0.6 is 0 Å². The van der Waals surface area contributed by atoms with E-state index < -0.39 is 345 Å². The molecule has 0 radical (unpaired) electrons. The molecule has 2 heterocycles. The van der Waals surface area contributed by atoms with E-state index in [1.165, 1.54) is 51.3 Å². The number of hydrogen-bond donors (Lipinski definition) is 32. The third-order valence-corrected chi connectivity index (χ3v) is 24.1. The molecule has 2 aliphatic heterocycles. The van der Waals surface area contributed by atoms with Gasteiger partial charge in [-0.1, -0.05) is 106 Å². The van der Waals surface area contributed by atoms with Crippen molar-refractivity contribution in [2.75, 3.05) is 45.9 Å². The summed E-state index contributed by atoms with van der Waals surface area (Å²) in [6.45, 7) is 15.8. The Balaban J connectivity index is 1.94. The predicted molar refractivity (Wildman–Crippen MR) is 530 cm³/mol. The van der Waals surface area contributed by atoms with Crippen molar-refractivity contribution in [3.05, 3.63) is 35.9 Å². The van der Waals surface area contributed by atoms with Crippen molar-refractivity contribution in [3.63, 3.8) is 0 Å². The Bertz CT molecular complexity index is 4880. The van der Waals surface area contributed by atoms with Crippen LogP contribution in [0.1, 0.15) is 198 Å². The van der Waals surface area contributed by atoms with Crippen LogP contribution in [-0.4, -0.2) is 349 Å². The number of carboxylic acids is 5. The maximum Gasteiger partial charge on any atom is 0.326 e. The van der Waals surface area contributed by atoms with Crippen molar-refractivity contribution in [3.8, 4) is 0 Å². The van der Waals surface area contributed by atoms with Crippen molar-refractivity contribution >= 4 is 154 Å². The zero-order valence-electron chi connectivity index (χ0n) is 85.6. The number of nitrogens with two attached hydrogens (primary N) is 4. The van der Waals surface area contributed by atoms with Gasteiger partial charge in [-0.15, -0.1) is 0 Å². The summed E-state index contributed by atoms with van der Waals surface area (Å²) in [5.74, 6) is -30.8. The molecule has 18 amide bonds. The summed E-state index contributed by atoms with van der Waals surface area (Å²) in [7, 11) is 0. The molecule has 2 aliphatic rings. The van der Waals surface area contributed by atoms with E-state index in [9.17, 15) is 136 Å². The van der Waals surface area contributed by atoms with Gasteiger partial charge in [-0.25, -0.2) is 4.79 Å². The van der Waals surface area contributed by atoms with Crippen LogP contribution in [0.3, 0.4) is 0 Å². The monoisotopic (exact) mass is 2110 g/mol. The van der Waals surface area contributed by atoms with Gasteiger partial charge in [0.25, 0.3) is 0 Å². The number of carbonyl (C=O) groups is 23. The lowest BCUT2D eigenvalue weighted by atomic mass is 9.96. The van der Waals surface area contributed by atoms with E-state index in [0.29, 0.717) is 5.56 Å². The fraction of sp³-hybridized carbons (Fsp3) is 0.652. The summed E-state index contributed by atoms with van der Waals surface area (Å²) in [6.07, 6.45) is -4.85. The molecule has 0 saturated carbocycles. The van der Waals surface area contributed by atoms with Gasteiger partial charge in [0.05, 0.1) is 38.5 Å². The van der Waals surface area contributed by atoms with Crippen molar-refractivity contribution in [2.45, 2.75) is 307 Å². The lowest BCUT2D eigenvalue weighted by Crippen LogP contribution is -2.62. The largest absolute Gasteiger partial charge is 0.481 e. The molecule has 2 saturated heterocycles. The van der Waals surface area contributed by atoms with Gasteiger partial charge >= 0.3 is 29.8 Å². The molecule has 149 heavy (non-hydrogen) atoms. The molecule has 832 valence electrons. The third-order valence-electron chi connectivity index (χ3n) is 24.1. The Morgan fingerprint density at radius 1 is 0.376 bits per heavy atom. The molecule has 36 N–H and O–H groups in total. The van der Waals surface area contributed by atoms with Crippen molar-refractivity contribution in [1.29, 1.82) is 16.2 Å². The number of guanidine groups is 3. The molecule has 1 aromatic rings. The van der Waals surface area contributed by atoms with Crippen LogP contribution in [0.15, 0.2) is 30.3 Å². The van der Waals surface area contributed by atoms with E-state index in [2.05, 4.69) is 101 Å². The van der Waals surface area contributed by atoms with E-state index in [4.69, 9.17) is 44.3 Å². The number of likely N-dealkylation sites (tertiary alicyclic amines) is 2. The predicted octanol–water partition coefficient (Wildman–Crippen LogP) is -8.82. The molecule has 0 spiro atoms. The second kappa shape index (κ2) is 64.0. The number of aliphatic hydroxyl groups excluding tert-OH is 1. The highest BCUT2D eigenvalue weighted by molar-refractivity contribution is 6.03. The van der Waals surface area contributed by atoms with Gasteiger partial charge in [0.2, 0.25) is 106 Å². The number of benzene rings is 1. The Morgan fingerprint density at radius 3 is 1.17 bits per heavy atom. The average Bonchev–Trinajstić information content (AvgIpc) is 1.69. The number of carboxylic acid groups (broad SMARTS) is 5. The van der Waals surface area contributed by atoms with Crippen LogP contribution in [0, 0.1) is 45.8 Å². The summed E-state index contributed by atoms with van der Waals surface area (Å²) >= 11 is 0. The number of carbonyl (C=O) groups excluding carboxylic acids is 18. The summed E-state index contributed by atoms with van der Waals surface area (Å²) in [5.41, 5.74) is 22.7. The molecule has 3 rings (SSSR count). The molecule has 19 atom stereocenters. The summed E-state index contributed by atoms with van der Waals surface area (Å²) < 4.78 is 0. The number of nitrogens with one attached hydrogen (secondary N) is 22. The molecule has 57 heteroatoms. The number of aliphatic carboxylic acids is 5. The Labute approximate surface area is 860 Å². The van der Waals surface area contributed by atoms with Crippen LogP contribution in [-0.2, 0) is 117 Å². The minimum Gasteiger partial charge on any atom is -0.481 e. The van der Waals surface area contributed by atoms with Crippen LogP contribution in [0.5, 0.6) is 0 Å². The minimum atomic E-state index is -2.12. The summed E-state index contributed by atoms with van der Waals surface area (Å²) in [4.78, 5) is 316. The maximum absolute atomic E-state index is 14.9. The van der Waals surface area contributed by atoms with Gasteiger partial charge in [-0.3, -0.25) is 122 Å². The van der Waals surface area contributed by atoms with Crippen LogP contribution < -0.4 is 124 Å². The zero-order valence-corrected chi connectivity index (χ0v) is 85.6. The van der Waals surface area contributed by atoms with E-state index in [0.717, 1.165) is 0 Å². The smallest absolute Gasteiger partial charge is 0.326 e.